The summed E-state index contributed by atoms with van der Waals surface area (Å²) >= 11 is 5.94. The molecule has 5 heteroatoms. The molecule has 1 aliphatic rings. The summed E-state index contributed by atoms with van der Waals surface area (Å²) in [6.45, 7) is 3.97. The van der Waals surface area contributed by atoms with E-state index in [4.69, 9.17) is 16.3 Å². The Balaban J connectivity index is 1.78. The molecule has 0 radical (unpaired) electrons. The fourth-order valence-electron chi connectivity index (χ4n) is 1.94. The van der Waals surface area contributed by atoms with E-state index in [-0.39, 0.29) is 5.91 Å². The number of nitrogens with one attached hydrogen (secondary N) is 1. The second-order valence-corrected chi connectivity index (χ2v) is 5.58. The van der Waals surface area contributed by atoms with Crippen LogP contribution in [0, 0.1) is 5.92 Å². The second kappa shape index (κ2) is 7.60. The number of pyridine rings is 1. The molecular weight excluding hydrogens is 276 g/mol. The summed E-state index contributed by atoms with van der Waals surface area (Å²) in [7, 11) is 0. The van der Waals surface area contributed by atoms with E-state index in [9.17, 15) is 4.79 Å². The molecule has 0 saturated heterocycles. The fraction of sp³-hybridized carbons (Fsp3) is 0.600. The minimum atomic E-state index is -0.123. The molecule has 0 unspecified atom stereocenters. The molecule has 1 N–H and O–H groups in total. The Labute approximate surface area is 124 Å². The maximum atomic E-state index is 12.0. The average molecular weight is 297 g/mol. The zero-order valence-corrected chi connectivity index (χ0v) is 12.6. The summed E-state index contributed by atoms with van der Waals surface area (Å²) in [6.07, 6.45) is 4.36. The molecule has 1 heterocycles. The first kappa shape index (κ1) is 15.3. The molecule has 1 amide bonds. The highest BCUT2D eigenvalue weighted by atomic mass is 35.5. The van der Waals surface area contributed by atoms with Crippen LogP contribution in [0.2, 0.25) is 5.15 Å². The molecule has 1 aliphatic carbocycles. The van der Waals surface area contributed by atoms with Crippen molar-refractivity contribution in [2.45, 2.75) is 32.6 Å². The highest BCUT2D eigenvalue weighted by molar-refractivity contribution is 6.29. The van der Waals surface area contributed by atoms with Gasteiger partial charge in [-0.15, -0.1) is 0 Å². The van der Waals surface area contributed by atoms with Gasteiger partial charge in [-0.05, 0) is 37.3 Å². The lowest BCUT2D eigenvalue weighted by Gasteiger charge is -2.08. The van der Waals surface area contributed by atoms with Crippen molar-refractivity contribution >= 4 is 17.5 Å². The van der Waals surface area contributed by atoms with Crippen molar-refractivity contribution in [2.75, 3.05) is 19.8 Å². The predicted molar refractivity (Wildman–Crippen MR) is 79.1 cm³/mol. The lowest BCUT2D eigenvalue weighted by atomic mass is 10.1. The standard InChI is InChI=1S/C15H21ClN2O2/c1-2-3-13-8-12(9-14(16)18-13)15(19)17-6-7-20-10-11-4-5-11/h8-9,11H,2-7,10H2,1H3,(H,17,19). The number of aromatic nitrogens is 1. The molecule has 0 aliphatic heterocycles. The van der Waals surface area contributed by atoms with E-state index < -0.39 is 0 Å². The SMILES string of the molecule is CCCc1cc(C(=O)NCCOCC2CC2)cc(Cl)n1. The summed E-state index contributed by atoms with van der Waals surface area (Å²) in [5.74, 6) is 0.628. The molecule has 20 heavy (non-hydrogen) atoms. The Morgan fingerprint density at radius 2 is 2.30 bits per heavy atom. The number of nitrogens with zero attached hydrogens (tertiary/aromatic N) is 1. The van der Waals surface area contributed by atoms with E-state index in [1.54, 1.807) is 12.1 Å². The quantitative estimate of drug-likeness (QED) is 0.593. The maximum Gasteiger partial charge on any atom is 0.251 e. The van der Waals surface area contributed by atoms with Crippen molar-refractivity contribution in [1.29, 1.82) is 0 Å². The Morgan fingerprint density at radius 1 is 1.50 bits per heavy atom. The average Bonchev–Trinajstić information content (AvgIpc) is 3.22. The first-order valence-electron chi connectivity index (χ1n) is 7.21. The Bertz CT molecular complexity index is 461. The lowest BCUT2D eigenvalue weighted by Crippen LogP contribution is -2.27. The molecule has 1 saturated carbocycles. The van der Waals surface area contributed by atoms with Crippen molar-refractivity contribution in [3.05, 3.63) is 28.5 Å². The highest BCUT2D eigenvalue weighted by Gasteiger charge is 2.20. The first-order valence-corrected chi connectivity index (χ1v) is 7.59. The number of carbonyl (C=O) groups is 1. The maximum absolute atomic E-state index is 12.0. The number of aryl methyl sites for hydroxylation is 1. The van der Waals surface area contributed by atoms with Gasteiger partial charge in [-0.2, -0.15) is 0 Å². The summed E-state index contributed by atoms with van der Waals surface area (Å²) in [6, 6.07) is 3.40. The van der Waals surface area contributed by atoms with Crippen LogP contribution in [0.1, 0.15) is 42.2 Å². The van der Waals surface area contributed by atoms with Crippen LogP contribution in [0.3, 0.4) is 0 Å². The van der Waals surface area contributed by atoms with Crippen LogP contribution in [-0.2, 0) is 11.2 Å². The summed E-state index contributed by atoms with van der Waals surface area (Å²) < 4.78 is 5.48. The van der Waals surface area contributed by atoms with Crippen LogP contribution in [0.5, 0.6) is 0 Å². The molecule has 2 rings (SSSR count). The van der Waals surface area contributed by atoms with E-state index in [0.717, 1.165) is 31.1 Å². The summed E-state index contributed by atoms with van der Waals surface area (Å²) in [5, 5.41) is 3.21. The smallest absolute Gasteiger partial charge is 0.251 e. The Hall–Kier alpha value is -1.13. The van der Waals surface area contributed by atoms with E-state index in [1.807, 2.05) is 0 Å². The van der Waals surface area contributed by atoms with E-state index in [1.165, 1.54) is 12.8 Å². The van der Waals surface area contributed by atoms with E-state index >= 15 is 0 Å². The minimum Gasteiger partial charge on any atom is -0.379 e. The third-order valence-electron chi connectivity index (χ3n) is 3.20. The van der Waals surface area contributed by atoms with Gasteiger partial charge in [0.2, 0.25) is 0 Å². The number of rotatable bonds is 8. The number of hydrogen-bond acceptors (Lipinski definition) is 3. The molecule has 1 aromatic rings. The van der Waals surface area contributed by atoms with Crippen LogP contribution in [0.15, 0.2) is 12.1 Å². The normalized spacial score (nSPS) is 14.3. The molecule has 0 bridgehead atoms. The van der Waals surface area contributed by atoms with Crippen molar-refractivity contribution < 1.29 is 9.53 Å². The lowest BCUT2D eigenvalue weighted by molar-refractivity contribution is 0.0906. The molecular formula is C15H21ClN2O2. The van der Waals surface area contributed by atoms with Crippen LogP contribution in [0.25, 0.3) is 0 Å². The largest absolute Gasteiger partial charge is 0.379 e. The van der Waals surface area contributed by atoms with E-state index in [2.05, 4.69) is 17.2 Å². The number of amides is 1. The van der Waals surface area contributed by atoms with Crippen LogP contribution in [0.4, 0.5) is 0 Å². The number of ether oxygens (including phenoxy) is 1. The molecule has 1 fully saturated rings. The van der Waals surface area contributed by atoms with Crippen LogP contribution >= 0.6 is 11.6 Å². The molecule has 0 aromatic carbocycles. The van der Waals surface area contributed by atoms with Crippen molar-refractivity contribution in [3.63, 3.8) is 0 Å². The topological polar surface area (TPSA) is 51.2 Å². The first-order chi connectivity index (χ1) is 9.69. The van der Waals surface area contributed by atoms with Gasteiger partial charge in [-0.1, -0.05) is 24.9 Å². The number of halogens is 1. The van der Waals surface area contributed by atoms with Gasteiger partial charge in [-0.25, -0.2) is 4.98 Å². The highest BCUT2D eigenvalue weighted by Crippen LogP contribution is 2.28. The molecule has 4 nitrogen and oxygen atoms in total. The van der Waals surface area contributed by atoms with Crippen molar-refractivity contribution in [2.24, 2.45) is 5.92 Å². The van der Waals surface area contributed by atoms with Gasteiger partial charge in [0.1, 0.15) is 5.15 Å². The molecule has 110 valence electrons. The Kier molecular flexibility index (Phi) is 5.80. The molecule has 1 aromatic heterocycles. The van der Waals surface area contributed by atoms with Gasteiger partial charge in [0.25, 0.3) is 5.91 Å². The van der Waals surface area contributed by atoms with Gasteiger partial charge in [0.05, 0.1) is 6.61 Å². The minimum absolute atomic E-state index is 0.123. The zero-order valence-electron chi connectivity index (χ0n) is 11.8. The van der Waals surface area contributed by atoms with Gasteiger partial charge in [0, 0.05) is 24.4 Å². The van der Waals surface area contributed by atoms with Crippen LogP contribution < -0.4 is 5.32 Å². The molecule has 0 atom stereocenters. The summed E-state index contributed by atoms with van der Waals surface area (Å²) in [4.78, 5) is 16.2. The monoisotopic (exact) mass is 296 g/mol. The fourth-order valence-corrected chi connectivity index (χ4v) is 2.17. The van der Waals surface area contributed by atoms with Crippen molar-refractivity contribution in [3.8, 4) is 0 Å². The van der Waals surface area contributed by atoms with E-state index in [0.29, 0.717) is 23.9 Å². The number of hydrogen-bond donors (Lipinski definition) is 1. The van der Waals surface area contributed by atoms with Crippen molar-refractivity contribution in [1.82, 2.24) is 10.3 Å². The van der Waals surface area contributed by atoms with Gasteiger partial charge < -0.3 is 10.1 Å². The van der Waals surface area contributed by atoms with Gasteiger partial charge in [0.15, 0.2) is 0 Å². The van der Waals surface area contributed by atoms with Gasteiger partial charge >= 0.3 is 0 Å². The number of carbonyl (C=O) groups excluding carboxylic acids is 1. The van der Waals surface area contributed by atoms with Gasteiger partial charge in [-0.3, -0.25) is 4.79 Å². The predicted octanol–water partition coefficient (Wildman–Crippen LogP) is 2.84. The molecule has 0 spiro atoms. The third kappa shape index (κ3) is 5.10. The Morgan fingerprint density at radius 3 is 3.00 bits per heavy atom. The third-order valence-corrected chi connectivity index (χ3v) is 3.39. The van der Waals surface area contributed by atoms with Crippen LogP contribution in [-0.4, -0.2) is 30.6 Å². The second-order valence-electron chi connectivity index (χ2n) is 5.19. The zero-order chi connectivity index (χ0) is 14.4. The summed E-state index contributed by atoms with van der Waals surface area (Å²) in [5.41, 5.74) is 1.42.